The highest BCUT2D eigenvalue weighted by Crippen LogP contribution is 2.36. The van der Waals surface area contributed by atoms with Crippen molar-refractivity contribution in [2.45, 2.75) is 12.9 Å². The predicted molar refractivity (Wildman–Crippen MR) is 48.8 cm³/mol. The van der Waals surface area contributed by atoms with Crippen LogP contribution in [0.4, 0.5) is 13.2 Å². The summed E-state index contributed by atoms with van der Waals surface area (Å²) in [4.78, 5) is 3.58. The number of hydrogen-bond acceptors (Lipinski definition) is 3. The van der Waals surface area contributed by atoms with E-state index in [1.807, 2.05) is 0 Å². The first-order valence-corrected chi connectivity index (χ1v) is 4.39. The number of hydrogen-bond donors (Lipinski definition) is 1. The first-order chi connectivity index (χ1) is 6.85. The fourth-order valence-electron chi connectivity index (χ4n) is 0.850. The maximum Gasteiger partial charge on any atom is 0.573 e. The van der Waals surface area contributed by atoms with Gasteiger partial charge in [-0.2, -0.15) is 0 Å². The summed E-state index contributed by atoms with van der Waals surface area (Å²) in [6.07, 6.45) is -3.75. The van der Waals surface area contributed by atoms with Gasteiger partial charge in [-0.1, -0.05) is 23.2 Å². The predicted octanol–water partition coefficient (Wildman–Crippen LogP) is 2.75. The van der Waals surface area contributed by atoms with E-state index in [0.717, 1.165) is 6.20 Å². The lowest BCUT2D eigenvalue weighted by Crippen LogP contribution is -2.19. The Hall–Kier alpha value is -0.720. The normalized spacial score (nSPS) is 11.6. The Morgan fingerprint density at radius 2 is 2.00 bits per heavy atom. The molecule has 0 aliphatic rings. The van der Waals surface area contributed by atoms with Crippen LogP contribution >= 0.6 is 23.2 Å². The molecule has 0 aliphatic carbocycles. The van der Waals surface area contributed by atoms with Crippen LogP contribution in [0.3, 0.4) is 0 Å². The third-order valence-electron chi connectivity index (χ3n) is 1.42. The van der Waals surface area contributed by atoms with Crippen molar-refractivity contribution in [2.24, 2.45) is 5.73 Å². The smallest absolute Gasteiger partial charge is 0.402 e. The number of rotatable bonds is 2. The molecule has 8 heteroatoms. The number of pyridine rings is 1. The molecule has 2 N–H and O–H groups in total. The summed E-state index contributed by atoms with van der Waals surface area (Å²) in [6.45, 7) is -0.234. The van der Waals surface area contributed by atoms with E-state index in [0.29, 0.717) is 0 Å². The number of nitrogens with zero attached hydrogens (tertiary/aromatic N) is 1. The minimum absolute atomic E-state index is 0.110. The van der Waals surface area contributed by atoms with Gasteiger partial charge in [0.15, 0.2) is 5.75 Å². The Labute approximate surface area is 92.9 Å². The molecule has 0 unspecified atom stereocenters. The van der Waals surface area contributed by atoms with Crippen LogP contribution in [-0.2, 0) is 6.54 Å². The molecule has 0 saturated heterocycles. The lowest BCUT2D eigenvalue weighted by Gasteiger charge is -2.13. The van der Waals surface area contributed by atoms with Crippen molar-refractivity contribution >= 4 is 23.2 Å². The van der Waals surface area contributed by atoms with Crippen LogP contribution in [0, 0.1) is 0 Å². The highest BCUT2D eigenvalue weighted by atomic mass is 35.5. The third-order valence-corrected chi connectivity index (χ3v) is 2.17. The van der Waals surface area contributed by atoms with Gasteiger partial charge in [0, 0.05) is 12.7 Å². The number of alkyl halides is 3. The van der Waals surface area contributed by atoms with Gasteiger partial charge in [0.25, 0.3) is 0 Å². The van der Waals surface area contributed by atoms with Gasteiger partial charge in [-0.3, -0.25) is 4.98 Å². The van der Waals surface area contributed by atoms with Gasteiger partial charge < -0.3 is 10.5 Å². The summed E-state index contributed by atoms with van der Waals surface area (Å²) in [5, 5.41) is -0.488. The molecule has 0 amide bonds. The first-order valence-electron chi connectivity index (χ1n) is 3.64. The minimum atomic E-state index is -4.86. The molecule has 0 spiro atoms. The minimum Gasteiger partial charge on any atom is -0.402 e. The quantitative estimate of drug-likeness (QED) is 0.890. The number of halogens is 5. The maximum atomic E-state index is 12.0. The van der Waals surface area contributed by atoms with Gasteiger partial charge in [-0.25, -0.2) is 0 Å². The van der Waals surface area contributed by atoms with E-state index in [2.05, 4.69) is 9.72 Å². The van der Waals surface area contributed by atoms with Crippen LogP contribution in [0.15, 0.2) is 6.20 Å². The van der Waals surface area contributed by atoms with Crippen molar-refractivity contribution in [1.82, 2.24) is 4.98 Å². The summed E-state index contributed by atoms with van der Waals surface area (Å²) in [5.41, 5.74) is 5.07. The maximum absolute atomic E-state index is 12.0. The zero-order valence-electron chi connectivity index (χ0n) is 7.11. The van der Waals surface area contributed by atoms with E-state index in [1.54, 1.807) is 0 Å². The fraction of sp³-hybridized carbons (Fsp3) is 0.286. The molecule has 0 atom stereocenters. The summed E-state index contributed by atoms with van der Waals surface area (Å²) in [7, 11) is 0. The van der Waals surface area contributed by atoms with E-state index in [-0.39, 0.29) is 22.3 Å². The first kappa shape index (κ1) is 12.4. The second-order valence-electron chi connectivity index (χ2n) is 2.45. The highest BCUT2D eigenvalue weighted by Gasteiger charge is 2.33. The molecule has 3 nitrogen and oxygen atoms in total. The van der Waals surface area contributed by atoms with Crippen LogP contribution in [0.25, 0.3) is 0 Å². The Morgan fingerprint density at radius 1 is 1.40 bits per heavy atom. The van der Waals surface area contributed by atoms with Gasteiger partial charge in [0.2, 0.25) is 0 Å². The van der Waals surface area contributed by atoms with Crippen molar-refractivity contribution in [1.29, 1.82) is 0 Å². The molecular weight excluding hydrogens is 256 g/mol. The molecule has 1 heterocycles. The Kier molecular flexibility index (Phi) is 3.64. The van der Waals surface area contributed by atoms with Gasteiger partial charge >= 0.3 is 6.36 Å². The van der Waals surface area contributed by atoms with Gasteiger partial charge in [-0.15, -0.1) is 13.2 Å². The van der Waals surface area contributed by atoms with E-state index < -0.39 is 12.1 Å². The Balaban J connectivity index is 3.18. The van der Waals surface area contributed by atoms with Gasteiger partial charge in [0.05, 0.1) is 10.7 Å². The summed E-state index contributed by atoms with van der Waals surface area (Å²) in [6, 6.07) is 0. The topological polar surface area (TPSA) is 48.1 Å². The molecule has 1 rings (SSSR count). The molecule has 0 radical (unpaired) electrons. The highest BCUT2D eigenvalue weighted by molar-refractivity contribution is 6.42. The third kappa shape index (κ3) is 3.12. The molecule has 1 aromatic rings. The van der Waals surface area contributed by atoms with Crippen LogP contribution in [-0.4, -0.2) is 11.3 Å². The molecule has 15 heavy (non-hydrogen) atoms. The van der Waals surface area contributed by atoms with E-state index in [9.17, 15) is 13.2 Å². The lowest BCUT2D eigenvalue weighted by molar-refractivity contribution is -0.275. The van der Waals surface area contributed by atoms with Crippen LogP contribution in [0.2, 0.25) is 10.0 Å². The van der Waals surface area contributed by atoms with Crippen molar-refractivity contribution in [3.05, 3.63) is 21.9 Å². The monoisotopic (exact) mass is 260 g/mol. The zero-order valence-corrected chi connectivity index (χ0v) is 8.62. The van der Waals surface area contributed by atoms with Crippen molar-refractivity contribution in [3.63, 3.8) is 0 Å². The second-order valence-corrected chi connectivity index (χ2v) is 3.23. The standard InChI is InChI=1S/C7H5Cl2F3N2O/c8-3-2-14-4(1-13)6(5(3)9)15-7(10,11)12/h2H,1,13H2. The van der Waals surface area contributed by atoms with E-state index in [4.69, 9.17) is 28.9 Å². The van der Waals surface area contributed by atoms with Crippen molar-refractivity contribution in [3.8, 4) is 5.75 Å². The fourth-order valence-corrected chi connectivity index (χ4v) is 1.18. The van der Waals surface area contributed by atoms with E-state index in [1.165, 1.54) is 0 Å². The summed E-state index contributed by atoms with van der Waals surface area (Å²) >= 11 is 11.0. The molecule has 84 valence electrons. The van der Waals surface area contributed by atoms with Gasteiger partial charge in [-0.05, 0) is 0 Å². The van der Waals surface area contributed by atoms with Gasteiger partial charge in [0.1, 0.15) is 5.02 Å². The molecular formula is C7H5Cl2F3N2O. The molecule has 1 aromatic heterocycles. The number of ether oxygens (including phenoxy) is 1. The SMILES string of the molecule is NCc1ncc(Cl)c(Cl)c1OC(F)(F)F. The number of nitrogens with two attached hydrogens (primary N) is 1. The number of aromatic nitrogens is 1. The van der Waals surface area contributed by atoms with Crippen molar-refractivity contribution in [2.75, 3.05) is 0 Å². The van der Waals surface area contributed by atoms with E-state index >= 15 is 0 Å². The lowest BCUT2D eigenvalue weighted by atomic mass is 10.3. The van der Waals surface area contributed by atoms with Crippen molar-refractivity contribution < 1.29 is 17.9 Å². The molecule has 0 aromatic carbocycles. The van der Waals surface area contributed by atoms with Crippen LogP contribution in [0.1, 0.15) is 5.69 Å². The van der Waals surface area contributed by atoms with Crippen LogP contribution in [0.5, 0.6) is 5.75 Å². The summed E-state index contributed by atoms with van der Waals surface area (Å²) in [5.74, 6) is -0.654. The molecule has 0 aliphatic heterocycles. The summed E-state index contributed by atoms with van der Waals surface area (Å²) < 4.78 is 39.6. The Morgan fingerprint density at radius 3 is 2.47 bits per heavy atom. The molecule has 0 bridgehead atoms. The van der Waals surface area contributed by atoms with Crippen LogP contribution < -0.4 is 10.5 Å². The zero-order chi connectivity index (χ0) is 11.6. The molecule has 0 fully saturated rings. The molecule has 0 saturated carbocycles. The second kappa shape index (κ2) is 4.42. The average molecular weight is 261 g/mol. The Bertz CT molecular complexity index is 370. The largest absolute Gasteiger partial charge is 0.573 e. The average Bonchev–Trinajstić information content (AvgIpc) is 2.11.